The SMILES string of the molecule is CCC(C)C(C(=O)c1ccc(COC)o1)c1ccccc1. The molecule has 3 nitrogen and oxygen atoms in total. The average Bonchev–Trinajstić information content (AvgIpc) is 2.97. The lowest BCUT2D eigenvalue weighted by Gasteiger charge is -2.21. The van der Waals surface area contributed by atoms with Crippen LogP contribution >= 0.6 is 0 Å². The zero-order chi connectivity index (χ0) is 15.2. The van der Waals surface area contributed by atoms with Gasteiger partial charge in [0.1, 0.15) is 12.4 Å². The van der Waals surface area contributed by atoms with Crippen molar-refractivity contribution >= 4 is 5.78 Å². The first-order valence-electron chi connectivity index (χ1n) is 7.34. The smallest absolute Gasteiger partial charge is 0.205 e. The predicted octanol–water partition coefficient (Wildman–Crippen LogP) is 4.44. The van der Waals surface area contributed by atoms with Crippen molar-refractivity contribution in [3.05, 3.63) is 59.5 Å². The molecule has 2 aromatic rings. The molecule has 0 N–H and O–H groups in total. The standard InChI is InChI=1S/C18H22O3/c1-4-13(2)17(14-8-6-5-7-9-14)18(19)16-11-10-15(21-16)12-20-3/h5-11,13,17H,4,12H2,1-3H3. The molecule has 2 unspecified atom stereocenters. The number of carbonyl (C=O) groups is 1. The molecule has 1 aromatic carbocycles. The Bertz CT molecular complexity index is 571. The van der Waals surface area contributed by atoms with Crippen molar-refractivity contribution < 1.29 is 13.9 Å². The van der Waals surface area contributed by atoms with E-state index >= 15 is 0 Å². The van der Waals surface area contributed by atoms with Crippen molar-refractivity contribution in [2.24, 2.45) is 5.92 Å². The van der Waals surface area contributed by atoms with E-state index in [9.17, 15) is 4.79 Å². The maximum atomic E-state index is 12.8. The highest BCUT2D eigenvalue weighted by Crippen LogP contribution is 2.31. The minimum absolute atomic E-state index is 0.0397. The molecule has 0 aliphatic rings. The summed E-state index contributed by atoms with van der Waals surface area (Å²) in [5, 5.41) is 0. The Hall–Kier alpha value is -1.87. The second-order valence-corrected chi connectivity index (χ2v) is 5.34. The van der Waals surface area contributed by atoms with E-state index < -0.39 is 0 Å². The number of rotatable bonds is 7. The van der Waals surface area contributed by atoms with Crippen LogP contribution in [0.3, 0.4) is 0 Å². The van der Waals surface area contributed by atoms with Crippen LogP contribution in [0, 0.1) is 5.92 Å². The van der Waals surface area contributed by atoms with E-state index in [4.69, 9.17) is 9.15 Å². The summed E-state index contributed by atoms with van der Waals surface area (Å²) in [4.78, 5) is 12.8. The van der Waals surface area contributed by atoms with E-state index in [1.54, 1.807) is 19.2 Å². The fourth-order valence-corrected chi connectivity index (χ4v) is 2.52. The maximum absolute atomic E-state index is 12.8. The average molecular weight is 286 g/mol. The van der Waals surface area contributed by atoms with Crippen molar-refractivity contribution in [1.82, 2.24) is 0 Å². The molecule has 0 saturated heterocycles. The second kappa shape index (κ2) is 7.23. The molecule has 2 atom stereocenters. The molecule has 0 fully saturated rings. The van der Waals surface area contributed by atoms with Gasteiger partial charge in [-0.15, -0.1) is 0 Å². The fourth-order valence-electron chi connectivity index (χ4n) is 2.52. The first-order chi connectivity index (χ1) is 10.2. The quantitative estimate of drug-likeness (QED) is 0.706. The Labute approximate surface area is 125 Å². The normalized spacial score (nSPS) is 13.9. The van der Waals surface area contributed by atoms with Gasteiger partial charge in [0.2, 0.25) is 5.78 Å². The van der Waals surface area contributed by atoms with Gasteiger partial charge in [0.05, 0.1) is 5.92 Å². The Morgan fingerprint density at radius 3 is 2.52 bits per heavy atom. The highest BCUT2D eigenvalue weighted by Gasteiger charge is 2.28. The monoisotopic (exact) mass is 286 g/mol. The number of methoxy groups -OCH3 is 1. The lowest BCUT2D eigenvalue weighted by molar-refractivity contribution is 0.0895. The third kappa shape index (κ3) is 3.61. The van der Waals surface area contributed by atoms with E-state index in [-0.39, 0.29) is 17.6 Å². The molecule has 0 spiro atoms. The van der Waals surface area contributed by atoms with Crippen LogP contribution in [0.25, 0.3) is 0 Å². The molecule has 0 amide bonds. The van der Waals surface area contributed by atoms with Gasteiger partial charge in [-0.3, -0.25) is 4.79 Å². The van der Waals surface area contributed by atoms with Crippen LogP contribution in [0.2, 0.25) is 0 Å². The summed E-state index contributed by atoms with van der Waals surface area (Å²) < 4.78 is 10.6. The lowest BCUT2D eigenvalue weighted by Crippen LogP contribution is -2.19. The second-order valence-electron chi connectivity index (χ2n) is 5.34. The summed E-state index contributed by atoms with van der Waals surface area (Å²) in [5.41, 5.74) is 1.04. The van der Waals surface area contributed by atoms with Crippen LogP contribution in [0.1, 0.15) is 48.1 Å². The number of Topliss-reactive ketones (excluding diaryl/α,β-unsaturated/α-hetero) is 1. The maximum Gasteiger partial charge on any atom is 0.205 e. The highest BCUT2D eigenvalue weighted by molar-refractivity contribution is 5.99. The largest absolute Gasteiger partial charge is 0.455 e. The summed E-state index contributed by atoms with van der Waals surface area (Å²) >= 11 is 0. The Kier molecular flexibility index (Phi) is 5.34. The predicted molar refractivity (Wildman–Crippen MR) is 82.4 cm³/mol. The summed E-state index contributed by atoms with van der Waals surface area (Å²) in [6.45, 7) is 4.59. The summed E-state index contributed by atoms with van der Waals surface area (Å²) in [5.74, 6) is 1.22. The van der Waals surface area contributed by atoms with Crippen LogP contribution in [0.5, 0.6) is 0 Å². The van der Waals surface area contributed by atoms with Gasteiger partial charge < -0.3 is 9.15 Å². The van der Waals surface area contributed by atoms with Gasteiger partial charge >= 0.3 is 0 Å². The van der Waals surface area contributed by atoms with E-state index in [1.165, 1.54) is 0 Å². The molecule has 1 aromatic heterocycles. The summed E-state index contributed by atoms with van der Waals surface area (Å²) in [6.07, 6.45) is 0.941. The first kappa shape index (κ1) is 15.5. The van der Waals surface area contributed by atoms with Gasteiger partial charge in [-0.1, -0.05) is 50.6 Å². The zero-order valence-electron chi connectivity index (χ0n) is 12.8. The number of carbonyl (C=O) groups excluding carboxylic acids is 1. The number of furan rings is 1. The molecule has 1 heterocycles. The Morgan fingerprint density at radius 2 is 1.90 bits per heavy atom. The molecule has 112 valence electrons. The van der Waals surface area contributed by atoms with Gasteiger partial charge in [0.25, 0.3) is 0 Å². The minimum atomic E-state index is -0.169. The number of ether oxygens (including phenoxy) is 1. The summed E-state index contributed by atoms with van der Waals surface area (Å²) in [6, 6.07) is 13.5. The van der Waals surface area contributed by atoms with Crippen molar-refractivity contribution in [3.8, 4) is 0 Å². The minimum Gasteiger partial charge on any atom is -0.455 e. The number of hydrogen-bond donors (Lipinski definition) is 0. The zero-order valence-corrected chi connectivity index (χ0v) is 12.8. The number of hydrogen-bond acceptors (Lipinski definition) is 3. The number of ketones is 1. The van der Waals surface area contributed by atoms with Crippen LogP contribution < -0.4 is 0 Å². The Balaban J connectivity index is 2.29. The van der Waals surface area contributed by atoms with Gasteiger partial charge in [-0.2, -0.15) is 0 Å². The van der Waals surface area contributed by atoms with E-state index in [2.05, 4.69) is 13.8 Å². The molecular formula is C18H22O3. The van der Waals surface area contributed by atoms with Crippen LogP contribution in [0.4, 0.5) is 0 Å². The van der Waals surface area contributed by atoms with Crippen molar-refractivity contribution in [2.45, 2.75) is 32.8 Å². The van der Waals surface area contributed by atoms with E-state index in [0.717, 1.165) is 12.0 Å². The summed E-state index contributed by atoms with van der Waals surface area (Å²) in [7, 11) is 1.61. The van der Waals surface area contributed by atoms with Crippen LogP contribution in [-0.2, 0) is 11.3 Å². The van der Waals surface area contributed by atoms with Crippen molar-refractivity contribution in [3.63, 3.8) is 0 Å². The fraction of sp³-hybridized carbons (Fsp3) is 0.389. The molecule has 0 aliphatic heterocycles. The molecule has 0 radical (unpaired) electrons. The molecule has 2 rings (SSSR count). The lowest BCUT2D eigenvalue weighted by atomic mass is 9.82. The van der Waals surface area contributed by atoms with Gasteiger partial charge in [-0.05, 0) is 23.6 Å². The van der Waals surface area contributed by atoms with E-state index in [0.29, 0.717) is 18.1 Å². The van der Waals surface area contributed by atoms with Gasteiger partial charge in [-0.25, -0.2) is 0 Å². The molecule has 3 heteroatoms. The molecular weight excluding hydrogens is 264 g/mol. The van der Waals surface area contributed by atoms with Gasteiger partial charge in [0, 0.05) is 7.11 Å². The van der Waals surface area contributed by atoms with Crippen LogP contribution in [-0.4, -0.2) is 12.9 Å². The van der Waals surface area contributed by atoms with Crippen LogP contribution in [0.15, 0.2) is 46.9 Å². The molecule has 0 saturated carbocycles. The third-order valence-corrected chi connectivity index (χ3v) is 3.85. The van der Waals surface area contributed by atoms with Crippen molar-refractivity contribution in [2.75, 3.05) is 7.11 Å². The highest BCUT2D eigenvalue weighted by atomic mass is 16.5. The first-order valence-corrected chi connectivity index (χ1v) is 7.34. The van der Waals surface area contributed by atoms with Gasteiger partial charge in [0.15, 0.2) is 5.76 Å². The third-order valence-electron chi connectivity index (χ3n) is 3.85. The van der Waals surface area contributed by atoms with E-state index in [1.807, 2.05) is 30.3 Å². The Morgan fingerprint density at radius 1 is 1.19 bits per heavy atom. The van der Waals surface area contributed by atoms with Crippen molar-refractivity contribution in [1.29, 1.82) is 0 Å². The number of benzene rings is 1. The topological polar surface area (TPSA) is 39.4 Å². The molecule has 21 heavy (non-hydrogen) atoms. The molecule has 0 bridgehead atoms. The molecule has 0 aliphatic carbocycles.